The van der Waals surface area contributed by atoms with E-state index < -0.39 is 0 Å². The predicted molar refractivity (Wildman–Crippen MR) is 61.6 cm³/mol. The topological polar surface area (TPSA) is 63.8 Å². The van der Waals surface area contributed by atoms with Gasteiger partial charge in [0.2, 0.25) is 5.95 Å². The normalized spacial score (nSPS) is 18.3. The Morgan fingerprint density at radius 1 is 1.47 bits per heavy atom. The van der Waals surface area contributed by atoms with E-state index >= 15 is 0 Å². The van der Waals surface area contributed by atoms with Crippen molar-refractivity contribution in [2.75, 3.05) is 17.6 Å². The molecule has 1 heterocycles. The lowest BCUT2D eigenvalue weighted by atomic mass is 9.70. The zero-order chi connectivity index (χ0) is 10.9. The Morgan fingerprint density at radius 2 is 2.20 bits per heavy atom. The molecule has 1 fully saturated rings. The minimum Gasteiger partial charge on any atom is -0.369 e. The molecule has 2 rings (SSSR count). The highest BCUT2D eigenvalue weighted by Crippen LogP contribution is 2.40. The van der Waals surface area contributed by atoms with Crippen LogP contribution in [0.3, 0.4) is 0 Å². The van der Waals surface area contributed by atoms with Crippen molar-refractivity contribution in [3.05, 3.63) is 11.8 Å². The van der Waals surface area contributed by atoms with E-state index in [-0.39, 0.29) is 0 Å². The molecule has 15 heavy (non-hydrogen) atoms. The minimum atomic E-state index is 0.344. The molecular weight excluding hydrogens is 188 g/mol. The fourth-order valence-corrected chi connectivity index (χ4v) is 1.94. The van der Waals surface area contributed by atoms with Crippen molar-refractivity contribution in [1.29, 1.82) is 0 Å². The Morgan fingerprint density at radius 3 is 2.73 bits per heavy atom. The number of nitrogens with zero attached hydrogens (tertiary/aromatic N) is 2. The van der Waals surface area contributed by atoms with Crippen LogP contribution in [-0.2, 0) is 0 Å². The van der Waals surface area contributed by atoms with Crippen LogP contribution in [0, 0.1) is 12.3 Å². The molecule has 1 saturated carbocycles. The number of hydrogen-bond donors (Lipinski definition) is 2. The summed E-state index contributed by atoms with van der Waals surface area (Å²) in [6.45, 7) is 5.21. The van der Waals surface area contributed by atoms with Crippen LogP contribution >= 0.6 is 0 Å². The number of anilines is 2. The van der Waals surface area contributed by atoms with Crippen molar-refractivity contribution in [3.8, 4) is 0 Å². The molecule has 4 nitrogen and oxygen atoms in total. The van der Waals surface area contributed by atoms with Gasteiger partial charge in [0, 0.05) is 18.3 Å². The van der Waals surface area contributed by atoms with Gasteiger partial charge < -0.3 is 11.1 Å². The summed E-state index contributed by atoms with van der Waals surface area (Å²) in [5.41, 5.74) is 6.94. The molecule has 4 heteroatoms. The fourth-order valence-electron chi connectivity index (χ4n) is 1.94. The molecule has 1 aliphatic carbocycles. The van der Waals surface area contributed by atoms with E-state index in [1.54, 1.807) is 0 Å². The van der Waals surface area contributed by atoms with Gasteiger partial charge in [-0.3, -0.25) is 0 Å². The first-order valence-electron chi connectivity index (χ1n) is 5.42. The van der Waals surface area contributed by atoms with Gasteiger partial charge in [0.05, 0.1) is 0 Å². The molecule has 3 N–H and O–H groups in total. The number of nitrogens with one attached hydrogen (secondary N) is 1. The summed E-state index contributed by atoms with van der Waals surface area (Å²) < 4.78 is 0. The highest BCUT2D eigenvalue weighted by Gasteiger charge is 2.31. The third kappa shape index (κ3) is 2.37. The zero-order valence-electron chi connectivity index (χ0n) is 9.38. The number of rotatable bonds is 3. The van der Waals surface area contributed by atoms with Gasteiger partial charge in [-0.05, 0) is 25.2 Å². The molecule has 1 aromatic rings. The SMILES string of the molecule is Cc1cc(NCC2(C)CCC2)nc(N)n1. The summed E-state index contributed by atoms with van der Waals surface area (Å²) in [5, 5.41) is 3.34. The summed E-state index contributed by atoms with van der Waals surface area (Å²) >= 11 is 0. The van der Waals surface area contributed by atoms with Crippen LogP contribution in [0.5, 0.6) is 0 Å². The largest absolute Gasteiger partial charge is 0.369 e. The second kappa shape index (κ2) is 3.68. The van der Waals surface area contributed by atoms with Crippen LogP contribution in [0.25, 0.3) is 0 Å². The Balaban J connectivity index is 1.98. The third-order valence-electron chi connectivity index (χ3n) is 3.13. The number of aromatic nitrogens is 2. The van der Waals surface area contributed by atoms with Crippen LogP contribution in [0.15, 0.2) is 6.07 Å². The summed E-state index contributed by atoms with van der Waals surface area (Å²) in [6, 6.07) is 1.93. The maximum atomic E-state index is 5.58. The van der Waals surface area contributed by atoms with Crippen molar-refractivity contribution >= 4 is 11.8 Å². The number of hydrogen-bond acceptors (Lipinski definition) is 4. The van der Waals surface area contributed by atoms with Crippen LogP contribution in [-0.4, -0.2) is 16.5 Å². The molecule has 0 spiro atoms. The maximum Gasteiger partial charge on any atom is 0.222 e. The first-order chi connectivity index (χ1) is 7.07. The lowest BCUT2D eigenvalue weighted by Gasteiger charge is -2.38. The van der Waals surface area contributed by atoms with Gasteiger partial charge in [-0.1, -0.05) is 13.3 Å². The van der Waals surface area contributed by atoms with E-state index in [0.29, 0.717) is 11.4 Å². The van der Waals surface area contributed by atoms with Crippen molar-refractivity contribution in [1.82, 2.24) is 9.97 Å². The zero-order valence-corrected chi connectivity index (χ0v) is 9.38. The van der Waals surface area contributed by atoms with Crippen LogP contribution in [0.4, 0.5) is 11.8 Å². The van der Waals surface area contributed by atoms with Crippen LogP contribution < -0.4 is 11.1 Å². The first kappa shape index (κ1) is 10.2. The molecule has 0 radical (unpaired) electrons. The second-order valence-electron chi connectivity index (χ2n) is 4.77. The van der Waals surface area contributed by atoms with Crippen LogP contribution in [0.2, 0.25) is 0 Å². The highest BCUT2D eigenvalue weighted by atomic mass is 15.1. The van der Waals surface area contributed by atoms with Gasteiger partial charge in [-0.2, -0.15) is 4.98 Å². The smallest absolute Gasteiger partial charge is 0.222 e. The first-order valence-corrected chi connectivity index (χ1v) is 5.42. The molecule has 0 bridgehead atoms. The summed E-state index contributed by atoms with van der Waals surface area (Å²) in [7, 11) is 0. The molecule has 0 aromatic carbocycles. The fraction of sp³-hybridized carbons (Fsp3) is 0.636. The number of nitrogen functional groups attached to an aromatic ring is 1. The average molecular weight is 206 g/mol. The van der Waals surface area contributed by atoms with Crippen molar-refractivity contribution in [2.45, 2.75) is 33.1 Å². The third-order valence-corrected chi connectivity index (χ3v) is 3.13. The summed E-state index contributed by atoms with van der Waals surface area (Å²) in [5.74, 6) is 1.18. The number of aryl methyl sites for hydroxylation is 1. The number of nitrogens with two attached hydrogens (primary N) is 1. The minimum absolute atomic E-state index is 0.344. The van der Waals surface area contributed by atoms with E-state index in [0.717, 1.165) is 18.1 Å². The molecule has 0 amide bonds. The van der Waals surface area contributed by atoms with Crippen molar-refractivity contribution in [3.63, 3.8) is 0 Å². The molecule has 0 unspecified atom stereocenters. The maximum absolute atomic E-state index is 5.58. The van der Waals surface area contributed by atoms with Crippen molar-refractivity contribution in [2.24, 2.45) is 5.41 Å². The van der Waals surface area contributed by atoms with Crippen LogP contribution in [0.1, 0.15) is 31.9 Å². The van der Waals surface area contributed by atoms with Gasteiger partial charge in [-0.25, -0.2) is 4.98 Å². The summed E-state index contributed by atoms with van der Waals surface area (Å²) in [6.07, 6.45) is 3.96. The molecule has 0 aliphatic heterocycles. The van der Waals surface area contributed by atoms with E-state index in [1.807, 2.05) is 13.0 Å². The van der Waals surface area contributed by atoms with Gasteiger partial charge in [0.1, 0.15) is 5.82 Å². The summed E-state index contributed by atoms with van der Waals surface area (Å²) in [4.78, 5) is 8.19. The van der Waals surface area contributed by atoms with E-state index in [2.05, 4.69) is 22.2 Å². The van der Waals surface area contributed by atoms with Gasteiger partial charge in [0.25, 0.3) is 0 Å². The van der Waals surface area contributed by atoms with Crippen molar-refractivity contribution < 1.29 is 0 Å². The van der Waals surface area contributed by atoms with Gasteiger partial charge in [-0.15, -0.1) is 0 Å². The quantitative estimate of drug-likeness (QED) is 0.793. The predicted octanol–water partition coefficient (Wildman–Crippen LogP) is 1.97. The highest BCUT2D eigenvalue weighted by molar-refractivity contribution is 5.40. The monoisotopic (exact) mass is 206 g/mol. The second-order valence-corrected chi connectivity index (χ2v) is 4.77. The molecule has 1 aliphatic rings. The molecule has 82 valence electrons. The van der Waals surface area contributed by atoms with Gasteiger partial charge >= 0.3 is 0 Å². The van der Waals surface area contributed by atoms with E-state index in [4.69, 9.17) is 5.73 Å². The lowest BCUT2D eigenvalue weighted by Crippen LogP contribution is -2.33. The molecular formula is C11H18N4. The molecule has 0 saturated heterocycles. The Bertz CT molecular complexity index is 337. The van der Waals surface area contributed by atoms with E-state index in [9.17, 15) is 0 Å². The molecule has 0 atom stereocenters. The molecule has 1 aromatic heterocycles. The lowest BCUT2D eigenvalue weighted by molar-refractivity contribution is 0.180. The average Bonchev–Trinajstić information content (AvgIpc) is 2.10. The Labute approximate surface area is 90.3 Å². The van der Waals surface area contributed by atoms with E-state index in [1.165, 1.54) is 19.3 Å². The Hall–Kier alpha value is -1.32. The standard InChI is InChI=1S/C11H18N4/c1-8-6-9(15-10(12)14-8)13-7-11(2)4-3-5-11/h6H,3-5,7H2,1-2H3,(H3,12,13,14,15). The Kier molecular flexibility index (Phi) is 2.50. The van der Waals surface area contributed by atoms with Gasteiger partial charge in [0.15, 0.2) is 0 Å².